The van der Waals surface area contributed by atoms with Crippen LogP contribution in [0.3, 0.4) is 0 Å². The smallest absolute Gasteiger partial charge is 0.319 e. The Morgan fingerprint density at radius 2 is 2.06 bits per heavy atom. The first-order chi connectivity index (χ1) is 7.43. The van der Waals surface area contributed by atoms with E-state index in [1.165, 1.54) is 19.1 Å². The largest absolute Gasteiger partial charge is 0.322 e. The number of nitrogens with one attached hydrogen (secondary N) is 2. The van der Waals surface area contributed by atoms with Crippen LogP contribution in [0.4, 0.5) is 9.18 Å². The van der Waals surface area contributed by atoms with Crippen LogP contribution in [0.25, 0.3) is 0 Å². The van der Waals surface area contributed by atoms with Gasteiger partial charge < -0.3 is 5.32 Å². The van der Waals surface area contributed by atoms with Crippen molar-refractivity contribution >= 4 is 27.9 Å². The third kappa shape index (κ3) is 1.59. The Bertz CT molecular complexity index is 492. The molecule has 84 valence electrons. The van der Waals surface area contributed by atoms with E-state index in [4.69, 9.17) is 0 Å². The Balaban J connectivity index is 2.51. The molecule has 1 aliphatic heterocycles. The molecular weight excluding hydrogens is 279 g/mol. The lowest BCUT2D eigenvalue weighted by atomic mass is 9.92. The minimum Gasteiger partial charge on any atom is -0.319 e. The van der Waals surface area contributed by atoms with E-state index in [2.05, 4.69) is 26.6 Å². The van der Waals surface area contributed by atoms with Gasteiger partial charge in [-0.05, 0) is 19.1 Å². The third-order valence-corrected chi connectivity index (χ3v) is 3.01. The molecule has 4 nitrogen and oxygen atoms in total. The standard InChI is InChI=1S/C10H8BrFN2O2/c1-10(8(15)13-9(16)14-10)6-3-2-5(11)4-7(6)12/h2-4H,1H3,(H2,13,14,15,16). The minimum atomic E-state index is -1.35. The van der Waals surface area contributed by atoms with Gasteiger partial charge in [0.15, 0.2) is 0 Å². The third-order valence-electron chi connectivity index (χ3n) is 2.51. The summed E-state index contributed by atoms with van der Waals surface area (Å²) in [5, 5.41) is 4.48. The van der Waals surface area contributed by atoms with Crippen LogP contribution in [-0.2, 0) is 10.3 Å². The maximum Gasteiger partial charge on any atom is 0.322 e. The second-order valence-corrected chi connectivity index (χ2v) is 4.57. The lowest BCUT2D eigenvalue weighted by Gasteiger charge is -2.21. The second-order valence-electron chi connectivity index (χ2n) is 3.66. The fraction of sp³-hybridized carbons (Fsp3) is 0.200. The molecule has 2 N–H and O–H groups in total. The van der Waals surface area contributed by atoms with E-state index in [0.29, 0.717) is 4.47 Å². The van der Waals surface area contributed by atoms with Gasteiger partial charge >= 0.3 is 6.03 Å². The van der Waals surface area contributed by atoms with E-state index in [1.54, 1.807) is 6.07 Å². The highest BCUT2D eigenvalue weighted by atomic mass is 79.9. The van der Waals surface area contributed by atoms with Gasteiger partial charge in [0.1, 0.15) is 11.4 Å². The van der Waals surface area contributed by atoms with Crippen molar-refractivity contribution in [2.75, 3.05) is 0 Å². The Kier molecular flexibility index (Phi) is 2.46. The van der Waals surface area contributed by atoms with Crippen molar-refractivity contribution in [2.45, 2.75) is 12.5 Å². The molecule has 0 aromatic heterocycles. The number of benzene rings is 1. The van der Waals surface area contributed by atoms with Crippen molar-refractivity contribution in [3.63, 3.8) is 0 Å². The fourth-order valence-electron chi connectivity index (χ4n) is 1.63. The lowest BCUT2D eigenvalue weighted by molar-refractivity contribution is -0.123. The zero-order valence-corrected chi connectivity index (χ0v) is 9.89. The van der Waals surface area contributed by atoms with Gasteiger partial charge in [-0.2, -0.15) is 0 Å². The van der Waals surface area contributed by atoms with Gasteiger partial charge in [0.05, 0.1) is 0 Å². The van der Waals surface area contributed by atoms with E-state index in [-0.39, 0.29) is 5.56 Å². The first-order valence-corrected chi connectivity index (χ1v) is 5.32. The summed E-state index contributed by atoms with van der Waals surface area (Å²) in [5.74, 6) is -1.10. The van der Waals surface area contributed by atoms with Gasteiger partial charge in [-0.1, -0.05) is 22.0 Å². The zero-order valence-electron chi connectivity index (χ0n) is 8.30. The maximum absolute atomic E-state index is 13.7. The van der Waals surface area contributed by atoms with Gasteiger partial charge in [0, 0.05) is 10.0 Å². The number of urea groups is 1. The number of hydrogen-bond acceptors (Lipinski definition) is 2. The summed E-state index contributed by atoms with van der Waals surface area (Å²) in [6.07, 6.45) is 0. The number of amides is 3. The number of carbonyl (C=O) groups excluding carboxylic acids is 2. The highest BCUT2D eigenvalue weighted by Gasteiger charge is 2.44. The molecule has 1 heterocycles. The Morgan fingerprint density at radius 1 is 1.38 bits per heavy atom. The van der Waals surface area contributed by atoms with Crippen molar-refractivity contribution in [2.24, 2.45) is 0 Å². The quantitative estimate of drug-likeness (QED) is 0.771. The molecule has 0 aliphatic carbocycles. The van der Waals surface area contributed by atoms with Crippen molar-refractivity contribution in [1.29, 1.82) is 0 Å². The van der Waals surface area contributed by atoms with E-state index in [0.717, 1.165) is 0 Å². The summed E-state index contributed by atoms with van der Waals surface area (Å²) in [4.78, 5) is 22.6. The van der Waals surface area contributed by atoms with Crippen molar-refractivity contribution in [3.05, 3.63) is 34.1 Å². The summed E-state index contributed by atoms with van der Waals surface area (Å²) < 4.78 is 14.3. The molecule has 1 saturated heterocycles. The fourth-order valence-corrected chi connectivity index (χ4v) is 1.96. The number of rotatable bonds is 1. The number of carbonyl (C=O) groups is 2. The van der Waals surface area contributed by atoms with Crippen molar-refractivity contribution in [1.82, 2.24) is 10.6 Å². The highest BCUT2D eigenvalue weighted by molar-refractivity contribution is 9.10. The molecule has 1 unspecified atom stereocenters. The van der Waals surface area contributed by atoms with E-state index in [9.17, 15) is 14.0 Å². The first-order valence-electron chi connectivity index (χ1n) is 4.52. The van der Waals surface area contributed by atoms with E-state index < -0.39 is 23.3 Å². The normalized spacial score (nSPS) is 24.2. The van der Waals surface area contributed by atoms with Gasteiger partial charge in [0.25, 0.3) is 5.91 Å². The zero-order chi connectivity index (χ0) is 11.9. The predicted octanol–water partition coefficient (Wildman–Crippen LogP) is 1.64. The van der Waals surface area contributed by atoms with Crippen LogP contribution < -0.4 is 10.6 Å². The summed E-state index contributed by atoms with van der Waals surface area (Å²) >= 11 is 3.12. The first kappa shape index (κ1) is 11.1. The lowest BCUT2D eigenvalue weighted by Crippen LogP contribution is -2.41. The molecular formula is C10H8BrFN2O2. The summed E-state index contributed by atoms with van der Waals surface area (Å²) in [6, 6.07) is 3.71. The second kappa shape index (κ2) is 3.55. The Labute approximate surface area is 99.3 Å². The number of hydrogen-bond donors (Lipinski definition) is 2. The monoisotopic (exact) mass is 286 g/mol. The van der Waals surface area contributed by atoms with Crippen molar-refractivity contribution < 1.29 is 14.0 Å². The molecule has 2 rings (SSSR count). The van der Waals surface area contributed by atoms with Gasteiger partial charge in [-0.3, -0.25) is 10.1 Å². The molecule has 0 saturated carbocycles. The molecule has 16 heavy (non-hydrogen) atoms. The maximum atomic E-state index is 13.7. The topological polar surface area (TPSA) is 58.2 Å². The predicted molar refractivity (Wildman–Crippen MR) is 58.1 cm³/mol. The average Bonchev–Trinajstić information content (AvgIpc) is 2.40. The van der Waals surface area contributed by atoms with Crippen LogP contribution in [-0.4, -0.2) is 11.9 Å². The van der Waals surface area contributed by atoms with Crippen LogP contribution in [0.1, 0.15) is 12.5 Å². The summed E-state index contributed by atoms with van der Waals surface area (Å²) in [7, 11) is 0. The molecule has 3 amide bonds. The Hall–Kier alpha value is -1.43. The summed E-state index contributed by atoms with van der Waals surface area (Å²) in [5.41, 5.74) is -1.21. The summed E-state index contributed by atoms with van der Waals surface area (Å²) in [6.45, 7) is 1.46. The van der Waals surface area contributed by atoms with E-state index in [1.807, 2.05) is 0 Å². The van der Waals surface area contributed by atoms with Crippen LogP contribution in [0.15, 0.2) is 22.7 Å². The van der Waals surface area contributed by atoms with Crippen molar-refractivity contribution in [3.8, 4) is 0 Å². The number of imide groups is 1. The van der Waals surface area contributed by atoms with Crippen LogP contribution in [0.2, 0.25) is 0 Å². The van der Waals surface area contributed by atoms with Gasteiger partial charge in [-0.15, -0.1) is 0 Å². The molecule has 0 spiro atoms. The van der Waals surface area contributed by atoms with Gasteiger partial charge in [-0.25, -0.2) is 9.18 Å². The van der Waals surface area contributed by atoms with Crippen LogP contribution >= 0.6 is 15.9 Å². The molecule has 1 fully saturated rings. The molecule has 0 radical (unpaired) electrons. The molecule has 1 aromatic rings. The highest BCUT2D eigenvalue weighted by Crippen LogP contribution is 2.28. The van der Waals surface area contributed by atoms with Gasteiger partial charge in [0.2, 0.25) is 0 Å². The molecule has 6 heteroatoms. The molecule has 1 aliphatic rings. The molecule has 0 bridgehead atoms. The molecule has 1 aromatic carbocycles. The SMILES string of the molecule is CC1(c2ccc(Br)cc2F)NC(=O)NC1=O. The van der Waals surface area contributed by atoms with Crippen LogP contribution in [0.5, 0.6) is 0 Å². The number of halogens is 2. The van der Waals surface area contributed by atoms with Crippen LogP contribution in [0, 0.1) is 5.82 Å². The molecule has 1 atom stereocenters. The minimum absolute atomic E-state index is 0.138. The van der Waals surface area contributed by atoms with E-state index >= 15 is 0 Å². The Morgan fingerprint density at radius 3 is 2.56 bits per heavy atom. The average molecular weight is 287 g/mol.